The van der Waals surface area contributed by atoms with Crippen LogP contribution in [0.4, 0.5) is 5.69 Å². The lowest BCUT2D eigenvalue weighted by Gasteiger charge is -2.24. The van der Waals surface area contributed by atoms with E-state index in [0.29, 0.717) is 18.7 Å². The van der Waals surface area contributed by atoms with Crippen molar-refractivity contribution in [2.75, 3.05) is 32.1 Å². The number of nitrogens with two attached hydrogens (primary N) is 1. The predicted molar refractivity (Wildman–Crippen MR) is 80.6 cm³/mol. The van der Waals surface area contributed by atoms with Gasteiger partial charge in [-0.2, -0.15) is 0 Å². The van der Waals surface area contributed by atoms with E-state index < -0.39 is 0 Å². The quantitative estimate of drug-likeness (QED) is 0.823. The minimum atomic E-state index is -0.0335. The maximum Gasteiger partial charge on any atom is 0.251 e. The van der Waals surface area contributed by atoms with Crippen molar-refractivity contribution >= 4 is 11.6 Å². The highest BCUT2D eigenvalue weighted by Gasteiger charge is 2.18. The molecule has 0 saturated carbocycles. The molecule has 0 unspecified atom stereocenters. The molecule has 1 aromatic rings. The molecule has 1 aromatic carbocycles. The van der Waals surface area contributed by atoms with Gasteiger partial charge in [0, 0.05) is 31.9 Å². The van der Waals surface area contributed by atoms with Gasteiger partial charge in [-0.3, -0.25) is 4.79 Å². The molecule has 19 heavy (non-hydrogen) atoms. The molecule has 4 nitrogen and oxygen atoms in total. The summed E-state index contributed by atoms with van der Waals surface area (Å²) >= 11 is 0. The predicted octanol–water partition coefficient (Wildman–Crippen LogP) is 1.86. The first-order valence-electron chi connectivity index (χ1n) is 6.61. The van der Waals surface area contributed by atoms with Crippen LogP contribution in [-0.4, -0.2) is 33.1 Å². The van der Waals surface area contributed by atoms with Crippen molar-refractivity contribution in [3.63, 3.8) is 0 Å². The van der Waals surface area contributed by atoms with Crippen LogP contribution in [0.1, 0.15) is 30.6 Å². The second kappa shape index (κ2) is 6.57. The summed E-state index contributed by atoms with van der Waals surface area (Å²) in [5, 5.41) is 2.98. The first-order chi connectivity index (χ1) is 8.85. The van der Waals surface area contributed by atoms with Crippen LogP contribution in [0.2, 0.25) is 0 Å². The van der Waals surface area contributed by atoms with Crippen LogP contribution in [0.15, 0.2) is 24.3 Å². The molecule has 0 atom stereocenters. The van der Waals surface area contributed by atoms with Crippen LogP contribution in [-0.2, 0) is 0 Å². The van der Waals surface area contributed by atoms with Gasteiger partial charge in [-0.1, -0.05) is 19.9 Å². The molecule has 0 heterocycles. The third kappa shape index (κ3) is 4.91. The number of benzene rings is 1. The van der Waals surface area contributed by atoms with E-state index in [1.54, 1.807) is 0 Å². The second-order valence-corrected chi connectivity index (χ2v) is 5.83. The first-order valence-corrected chi connectivity index (χ1v) is 6.61. The summed E-state index contributed by atoms with van der Waals surface area (Å²) in [5.41, 5.74) is 7.31. The number of nitrogens with one attached hydrogen (secondary N) is 1. The Morgan fingerprint density at radius 1 is 1.37 bits per heavy atom. The molecule has 0 aromatic heterocycles. The fourth-order valence-corrected chi connectivity index (χ4v) is 1.83. The van der Waals surface area contributed by atoms with Gasteiger partial charge < -0.3 is 16.0 Å². The maximum atomic E-state index is 12.1. The number of anilines is 1. The van der Waals surface area contributed by atoms with E-state index in [9.17, 15) is 4.79 Å². The highest BCUT2D eigenvalue weighted by molar-refractivity contribution is 5.95. The summed E-state index contributed by atoms with van der Waals surface area (Å²) in [4.78, 5) is 14.1. The first kappa shape index (κ1) is 15.5. The number of carbonyl (C=O) groups is 1. The van der Waals surface area contributed by atoms with Crippen LogP contribution >= 0.6 is 0 Å². The molecule has 0 aliphatic carbocycles. The number of carbonyl (C=O) groups excluding carboxylic acids is 1. The maximum absolute atomic E-state index is 12.1. The Balaban J connectivity index is 2.66. The minimum Gasteiger partial charge on any atom is -0.378 e. The number of hydrogen-bond acceptors (Lipinski definition) is 3. The van der Waals surface area contributed by atoms with Crippen molar-refractivity contribution in [2.45, 2.75) is 20.3 Å². The van der Waals surface area contributed by atoms with Gasteiger partial charge >= 0.3 is 0 Å². The van der Waals surface area contributed by atoms with E-state index in [1.165, 1.54) is 0 Å². The fraction of sp³-hybridized carbons (Fsp3) is 0.533. The molecule has 106 valence electrons. The van der Waals surface area contributed by atoms with Crippen LogP contribution in [0, 0.1) is 5.41 Å². The summed E-state index contributed by atoms with van der Waals surface area (Å²) in [5.74, 6) is -0.0335. The molecule has 0 aliphatic heterocycles. The summed E-state index contributed by atoms with van der Waals surface area (Å²) in [6.07, 6.45) is 0.894. The normalized spacial score (nSPS) is 11.2. The van der Waals surface area contributed by atoms with Crippen LogP contribution in [0.3, 0.4) is 0 Å². The average molecular weight is 263 g/mol. The van der Waals surface area contributed by atoms with Crippen molar-refractivity contribution < 1.29 is 4.79 Å². The van der Waals surface area contributed by atoms with Gasteiger partial charge in [0.05, 0.1) is 0 Å². The van der Waals surface area contributed by atoms with E-state index in [1.807, 2.05) is 43.3 Å². The van der Waals surface area contributed by atoms with Gasteiger partial charge in [0.25, 0.3) is 5.91 Å². The fourth-order valence-electron chi connectivity index (χ4n) is 1.83. The minimum absolute atomic E-state index is 0.0313. The Morgan fingerprint density at radius 3 is 2.63 bits per heavy atom. The lowest BCUT2D eigenvalue weighted by Crippen LogP contribution is -2.35. The zero-order chi connectivity index (χ0) is 14.5. The number of rotatable bonds is 6. The van der Waals surface area contributed by atoms with E-state index >= 15 is 0 Å². The molecule has 4 heteroatoms. The monoisotopic (exact) mass is 263 g/mol. The highest BCUT2D eigenvalue weighted by Crippen LogP contribution is 2.18. The molecule has 0 aliphatic rings. The third-order valence-corrected chi connectivity index (χ3v) is 3.17. The van der Waals surface area contributed by atoms with Crippen LogP contribution in [0.5, 0.6) is 0 Å². The molecule has 3 N–H and O–H groups in total. The Bertz CT molecular complexity index is 427. The van der Waals surface area contributed by atoms with E-state index in [4.69, 9.17) is 5.73 Å². The van der Waals surface area contributed by atoms with Gasteiger partial charge in [-0.15, -0.1) is 0 Å². The van der Waals surface area contributed by atoms with Gasteiger partial charge in [0.2, 0.25) is 0 Å². The van der Waals surface area contributed by atoms with Gasteiger partial charge in [-0.05, 0) is 36.6 Å². The largest absolute Gasteiger partial charge is 0.378 e. The summed E-state index contributed by atoms with van der Waals surface area (Å²) < 4.78 is 0. The van der Waals surface area contributed by atoms with E-state index in [-0.39, 0.29) is 11.3 Å². The van der Waals surface area contributed by atoms with Gasteiger partial charge in [-0.25, -0.2) is 0 Å². The Morgan fingerprint density at radius 2 is 2.05 bits per heavy atom. The molecule has 1 rings (SSSR count). The van der Waals surface area contributed by atoms with Crippen molar-refractivity contribution in [3.05, 3.63) is 29.8 Å². The van der Waals surface area contributed by atoms with Crippen LogP contribution in [0.25, 0.3) is 0 Å². The molecule has 0 fully saturated rings. The Labute approximate surface area is 116 Å². The van der Waals surface area contributed by atoms with Crippen molar-refractivity contribution in [3.8, 4) is 0 Å². The standard InChI is InChI=1S/C15H25N3O/c1-15(2,8-9-16)11-17-14(19)12-6-5-7-13(10-12)18(3)4/h5-7,10H,8-9,11,16H2,1-4H3,(H,17,19). The van der Waals surface area contributed by atoms with Gasteiger partial charge in [0.1, 0.15) is 0 Å². The summed E-state index contributed by atoms with van der Waals surface area (Å²) in [7, 11) is 3.92. The third-order valence-electron chi connectivity index (χ3n) is 3.17. The second-order valence-electron chi connectivity index (χ2n) is 5.83. The Hall–Kier alpha value is -1.55. The zero-order valence-electron chi connectivity index (χ0n) is 12.4. The molecule has 0 spiro atoms. The molecule has 1 amide bonds. The van der Waals surface area contributed by atoms with Crippen LogP contribution < -0.4 is 16.0 Å². The lowest BCUT2D eigenvalue weighted by molar-refractivity contribution is 0.0935. The number of amides is 1. The van der Waals surface area contributed by atoms with Crippen molar-refractivity contribution in [1.82, 2.24) is 5.32 Å². The molecule has 0 radical (unpaired) electrons. The molecule has 0 bridgehead atoms. The van der Waals surface area contributed by atoms with E-state index in [0.717, 1.165) is 12.1 Å². The number of nitrogens with zero attached hydrogens (tertiary/aromatic N) is 1. The van der Waals surface area contributed by atoms with Crippen molar-refractivity contribution in [2.24, 2.45) is 11.1 Å². The lowest BCUT2D eigenvalue weighted by atomic mass is 9.89. The topological polar surface area (TPSA) is 58.4 Å². The SMILES string of the molecule is CN(C)c1cccc(C(=O)NCC(C)(C)CCN)c1. The summed E-state index contributed by atoms with van der Waals surface area (Å²) in [6.45, 7) is 5.49. The van der Waals surface area contributed by atoms with E-state index in [2.05, 4.69) is 19.2 Å². The van der Waals surface area contributed by atoms with Crippen molar-refractivity contribution in [1.29, 1.82) is 0 Å². The zero-order valence-corrected chi connectivity index (χ0v) is 12.4. The Kier molecular flexibility index (Phi) is 5.36. The summed E-state index contributed by atoms with van der Waals surface area (Å²) in [6, 6.07) is 7.61. The molecule has 0 saturated heterocycles. The highest BCUT2D eigenvalue weighted by atomic mass is 16.1. The average Bonchev–Trinajstić information content (AvgIpc) is 2.36. The smallest absolute Gasteiger partial charge is 0.251 e. The number of hydrogen-bond donors (Lipinski definition) is 2. The van der Waals surface area contributed by atoms with Gasteiger partial charge in [0.15, 0.2) is 0 Å². The molecular weight excluding hydrogens is 238 g/mol. The molecular formula is C15H25N3O.